The number of thioether (sulfide) groups is 1. The lowest BCUT2D eigenvalue weighted by atomic mass is 9.81. The van der Waals surface area contributed by atoms with Crippen LogP contribution in [0.2, 0.25) is 0 Å². The van der Waals surface area contributed by atoms with Gasteiger partial charge < -0.3 is 5.11 Å². The third-order valence-electron chi connectivity index (χ3n) is 4.22. The minimum absolute atomic E-state index is 0.267. The molecule has 21 heavy (non-hydrogen) atoms. The van der Waals surface area contributed by atoms with Gasteiger partial charge in [-0.05, 0) is 51.5 Å². The van der Waals surface area contributed by atoms with Crippen molar-refractivity contribution in [1.29, 1.82) is 0 Å². The van der Waals surface area contributed by atoms with E-state index in [1.165, 1.54) is 0 Å². The van der Waals surface area contributed by atoms with Crippen LogP contribution in [-0.2, 0) is 4.79 Å². The Labute approximate surface area is 129 Å². The fourth-order valence-corrected chi connectivity index (χ4v) is 4.23. The lowest BCUT2D eigenvalue weighted by Crippen LogP contribution is -2.56. The fourth-order valence-electron chi connectivity index (χ4n) is 2.96. The lowest BCUT2D eigenvalue weighted by Gasteiger charge is -2.38. The second kappa shape index (κ2) is 5.93. The molecule has 2 aliphatic rings. The van der Waals surface area contributed by atoms with Crippen molar-refractivity contribution in [3.8, 4) is 0 Å². The molecular weight excluding hydrogens is 286 g/mol. The Morgan fingerprint density at radius 3 is 2.95 bits per heavy atom. The standard InChI is InChI=1S/C15H21N3O2S/c1-10-6-8-16-14(17-10)21-12-3-2-7-15(9-12,13(19)20)18-11-4-5-11/h6,8,11-12,18H,2-5,7,9H2,1H3,(H,19,20). The number of aliphatic carboxylic acids is 1. The molecule has 0 saturated heterocycles. The predicted octanol–water partition coefficient (Wildman–Crippen LogP) is 2.40. The number of hydrogen-bond acceptors (Lipinski definition) is 5. The van der Waals surface area contributed by atoms with E-state index in [4.69, 9.17) is 0 Å². The van der Waals surface area contributed by atoms with Crippen molar-refractivity contribution in [2.75, 3.05) is 0 Å². The average molecular weight is 307 g/mol. The van der Waals surface area contributed by atoms with E-state index in [0.717, 1.165) is 43.0 Å². The zero-order chi connectivity index (χ0) is 14.9. The van der Waals surface area contributed by atoms with Gasteiger partial charge in [0.05, 0.1) is 0 Å². The Hall–Kier alpha value is -1.14. The van der Waals surface area contributed by atoms with E-state index in [9.17, 15) is 9.90 Å². The summed E-state index contributed by atoms with van der Waals surface area (Å²) >= 11 is 1.62. The molecule has 114 valence electrons. The smallest absolute Gasteiger partial charge is 0.323 e. The van der Waals surface area contributed by atoms with Crippen molar-refractivity contribution in [2.24, 2.45) is 0 Å². The number of carbonyl (C=O) groups is 1. The van der Waals surface area contributed by atoms with Crippen LogP contribution in [0, 0.1) is 6.92 Å². The molecule has 0 bridgehead atoms. The van der Waals surface area contributed by atoms with E-state index in [-0.39, 0.29) is 5.25 Å². The van der Waals surface area contributed by atoms with Crippen molar-refractivity contribution >= 4 is 17.7 Å². The van der Waals surface area contributed by atoms with Crippen LogP contribution in [0.5, 0.6) is 0 Å². The summed E-state index contributed by atoms with van der Waals surface area (Å²) in [6.45, 7) is 1.95. The van der Waals surface area contributed by atoms with Gasteiger partial charge in [-0.2, -0.15) is 0 Å². The van der Waals surface area contributed by atoms with Gasteiger partial charge in [0.2, 0.25) is 0 Å². The van der Waals surface area contributed by atoms with Crippen LogP contribution >= 0.6 is 11.8 Å². The highest BCUT2D eigenvalue weighted by Gasteiger charge is 2.46. The third kappa shape index (κ3) is 3.55. The first-order valence-electron chi connectivity index (χ1n) is 7.55. The normalized spacial score (nSPS) is 29.3. The summed E-state index contributed by atoms with van der Waals surface area (Å²) in [4.78, 5) is 20.5. The van der Waals surface area contributed by atoms with E-state index in [1.807, 2.05) is 13.0 Å². The minimum atomic E-state index is -0.749. The second-order valence-electron chi connectivity index (χ2n) is 6.12. The maximum atomic E-state index is 11.8. The van der Waals surface area contributed by atoms with Gasteiger partial charge in [0.25, 0.3) is 0 Å². The van der Waals surface area contributed by atoms with Crippen molar-refractivity contribution in [2.45, 2.75) is 67.4 Å². The van der Waals surface area contributed by atoms with E-state index >= 15 is 0 Å². The molecule has 0 aliphatic heterocycles. The van der Waals surface area contributed by atoms with Gasteiger partial charge in [-0.15, -0.1) is 0 Å². The van der Waals surface area contributed by atoms with Crippen molar-refractivity contribution < 1.29 is 9.90 Å². The molecule has 0 spiro atoms. The highest BCUT2D eigenvalue weighted by Crippen LogP contribution is 2.39. The van der Waals surface area contributed by atoms with Crippen molar-refractivity contribution in [1.82, 2.24) is 15.3 Å². The topological polar surface area (TPSA) is 75.1 Å². The van der Waals surface area contributed by atoms with Crippen LogP contribution in [0.1, 0.15) is 44.2 Å². The number of aromatic nitrogens is 2. The Kier molecular flexibility index (Phi) is 4.17. The number of nitrogens with one attached hydrogen (secondary N) is 1. The summed E-state index contributed by atoms with van der Waals surface area (Å²) in [6.07, 6.45) is 7.33. The number of rotatable bonds is 5. The Bertz CT molecular complexity index is 535. The zero-order valence-corrected chi connectivity index (χ0v) is 13.0. The molecule has 6 heteroatoms. The van der Waals surface area contributed by atoms with Crippen LogP contribution in [-0.4, -0.2) is 37.9 Å². The number of nitrogens with zero attached hydrogens (tertiary/aromatic N) is 2. The molecule has 1 heterocycles. The molecule has 2 fully saturated rings. The number of carboxylic acid groups (broad SMARTS) is 1. The molecule has 2 saturated carbocycles. The number of hydrogen-bond donors (Lipinski definition) is 2. The molecule has 2 aliphatic carbocycles. The van der Waals surface area contributed by atoms with E-state index < -0.39 is 11.5 Å². The summed E-state index contributed by atoms with van der Waals surface area (Å²) in [7, 11) is 0. The predicted molar refractivity (Wildman–Crippen MR) is 81.4 cm³/mol. The summed E-state index contributed by atoms with van der Waals surface area (Å²) in [6, 6.07) is 2.28. The van der Waals surface area contributed by atoms with Gasteiger partial charge in [0.1, 0.15) is 5.54 Å². The highest BCUT2D eigenvalue weighted by atomic mass is 32.2. The maximum Gasteiger partial charge on any atom is 0.323 e. The largest absolute Gasteiger partial charge is 0.480 e. The first-order chi connectivity index (χ1) is 10.1. The summed E-state index contributed by atoms with van der Waals surface area (Å²) in [5.41, 5.74) is 0.199. The molecule has 1 aromatic heterocycles. The quantitative estimate of drug-likeness (QED) is 0.814. The second-order valence-corrected chi connectivity index (χ2v) is 7.39. The van der Waals surface area contributed by atoms with Crippen LogP contribution in [0.15, 0.2) is 17.4 Å². The lowest BCUT2D eigenvalue weighted by molar-refractivity contribution is -0.146. The van der Waals surface area contributed by atoms with E-state index in [2.05, 4.69) is 15.3 Å². The Balaban J connectivity index is 1.70. The van der Waals surface area contributed by atoms with Crippen molar-refractivity contribution in [3.63, 3.8) is 0 Å². The molecule has 0 aromatic carbocycles. The summed E-state index contributed by atoms with van der Waals surface area (Å²) in [5.74, 6) is -0.704. The summed E-state index contributed by atoms with van der Waals surface area (Å²) in [5, 5.41) is 14.1. The molecule has 2 N–H and O–H groups in total. The van der Waals surface area contributed by atoms with Crippen LogP contribution in [0.3, 0.4) is 0 Å². The molecule has 0 amide bonds. The van der Waals surface area contributed by atoms with Gasteiger partial charge in [-0.1, -0.05) is 11.8 Å². The Morgan fingerprint density at radius 1 is 1.48 bits per heavy atom. The molecular formula is C15H21N3O2S. The molecule has 2 atom stereocenters. The average Bonchev–Trinajstić information content (AvgIpc) is 3.23. The number of carboxylic acids is 1. The molecule has 1 aromatic rings. The highest BCUT2D eigenvalue weighted by molar-refractivity contribution is 7.99. The van der Waals surface area contributed by atoms with Gasteiger partial charge in [0, 0.05) is 23.2 Å². The first kappa shape index (κ1) is 14.8. The van der Waals surface area contributed by atoms with E-state index in [1.54, 1.807) is 18.0 Å². The van der Waals surface area contributed by atoms with Crippen LogP contribution in [0.25, 0.3) is 0 Å². The SMILES string of the molecule is Cc1ccnc(SC2CCCC(NC3CC3)(C(=O)O)C2)n1. The molecule has 0 radical (unpaired) electrons. The van der Waals surface area contributed by atoms with Gasteiger partial charge in [0.15, 0.2) is 5.16 Å². The summed E-state index contributed by atoms with van der Waals surface area (Å²) < 4.78 is 0. The number of aryl methyl sites for hydroxylation is 1. The first-order valence-corrected chi connectivity index (χ1v) is 8.43. The molecule has 5 nitrogen and oxygen atoms in total. The van der Waals surface area contributed by atoms with Crippen LogP contribution < -0.4 is 5.32 Å². The van der Waals surface area contributed by atoms with E-state index in [0.29, 0.717) is 12.5 Å². The van der Waals surface area contributed by atoms with Gasteiger partial charge in [-0.25, -0.2) is 9.97 Å². The molecule has 2 unspecified atom stereocenters. The third-order valence-corrected chi connectivity index (χ3v) is 5.36. The molecule has 3 rings (SSSR count). The fraction of sp³-hybridized carbons (Fsp3) is 0.667. The van der Waals surface area contributed by atoms with Gasteiger partial charge >= 0.3 is 5.97 Å². The van der Waals surface area contributed by atoms with Crippen molar-refractivity contribution in [3.05, 3.63) is 18.0 Å². The zero-order valence-electron chi connectivity index (χ0n) is 12.2. The monoisotopic (exact) mass is 307 g/mol. The maximum absolute atomic E-state index is 11.8. The minimum Gasteiger partial charge on any atom is -0.480 e. The van der Waals surface area contributed by atoms with Crippen LogP contribution in [0.4, 0.5) is 0 Å². The Morgan fingerprint density at radius 2 is 2.29 bits per heavy atom. The van der Waals surface area contributed by atoms with Gasteiger partial charge in [-0.3, -0.25) is 10.1 Å².